The first kappa shape index (κ1) is 28.0. The average Bonchev–Trinajstić information content (AvgIpc) is 2.79. The number of nitrogens with zero attached hydrogens (tertiary/aromatic N) is 1. The third-order valence-corrected chi connectivity index (χ3v) is 4.84. The molecule has 2 amide bonds. The van der Waals surface area contributed by atoms with Gasteiger partial charge in [-0.1, -0.05) is 0 Å². The van der Waals surface area contributed by atoms with Crippen LogP contribution in [-0.4, -0.2) is 30.3 Å². The molecule has 15 heteroatoms. The summed E-state index contributed by atoms with van der Waals surface area (Å²) < 4.78 is 107. The molecular weight excluding hydrogens is 531 g/mol. The molecular formula is C23H16F7N3O5. The van der Waals surface area contributed by atoms with Crippen LogP contribution in [-0.2, 0) is 6.18 Å². The monoisotopic (exact) mass is 547 g/mol. The lowest BCUT2D eigenvalue weighted by Gasteiger charge is -2.18. The van der Waals surface area contributed by atoms with Gasteiger partial charge in [-0.2, -0.15) is 13.2 Å². The number of primary amides is 1. The van der Waals surface area contributed by atoms with Gasteiger partial charge >= 0.3 is 12.5 Å². The first-order chi connectivity index (χ1) is 17.6. The smallest absolute Gasteiger partial charge is 0.493 e. The maximum Gasteiger partial charge on any atom is 0.573 e. The summed E-state index contributed by atoms with van der Waals surface area (Å²) in [5.41, 5.74) is 2.12. The van der Waals surface area contributed by atoms with E-state index in [1.807, 2.05) is 0 Å². The van der Waals surface area contributed by atoms with E-state index in [4.69, 9.17) is 15.2 Å². The number of carbonyl (C=O) groups excluding carboxylic acids is 2. The predicted octanol–water partition coefficient (Wildman–Crippen LogP) is 5.60. The number of carbonyl (C=O) groups is 2. The van der Waals surface area contributed by atoms with Gasteiger partial charge in [0.25, 0.3) is 11.8 Å². The van der Waals surface area contributed by atoms with Crippen molar-refractivity contribution in [2.24, 2.45) is 5.73 Å². The summed E-state index contributed by atoms with van der Waals surface area (Å²) in [4.78, 5) is 27.9. The second-order valence-corrected chi connectivity index (χ2v) is 7.46. The van der Waals surface area contributed by atoms with Crippen LogP contribution in [0.3, 0.4) is 0 Å². The number of rotatable bonds is 7. The number of amides is 2. The second-order valence-electron chi connectivity index (χ2n) is 7.46. The van der Waals surface area contributed by atoms with Gasteiger partial charge in [-0.25, -0.2) is 9.37 Å². The Hall–Kier alpha value is -4.56. The van der Waals surface area contributed by atoms with Crippen molar-refractivity contribution in [2.45, 2.75) is 19.5 Å². The summed E-state index contributed by atoms with van der Waals surface area (Å²) in [6.45, 7) is 1.42. The maximum absolute atomic E-state index is 15.1. The van der Waals surface area contributed by atoms with Crippen LogP contribution >= 0.6 is 0 Å². The number of methoxy groups -OCH3 is 1. The van der Waals surface area contributed by atoms with Gasteiger partial charge in [0.05, 0.1) is 24.6 Å². The molecule has 0 saturated heterocycles. The zero-order valence-corrected chi connectivity index (χ0v) is 19.3. The van der Waals surface area contributed by atoms with Crippen LogP contribution in [0.2, 0.25) is 0 Å². The topological polar surface area (TPSA) is 113 Å². The van der Waals surface area contributed by atoms with Gasteiger partial charge < -0.3 is 25.3 Å². The van der Waals surface area contributed by atoms with Crippen LogP contribution in [0.5, 0.6) is 23.0 Å². The van der Waals surface area contributed by atoms with Gasteiger partial charge in [0.1, 0.15) is 22.8 Å². The number of pyridine rings is 1. The fourth-order valence-corrected chi connectivity index (χ4v) is 3.13. The molecule has 0 radical (unpaired) electrons. The molecule has 1 aromatic heterocycles. The lowest BCUT2D eigenvalue weighted by atomic mass is 10.1. The van der Waals surface area contributed by atoms with E-state index in [0.29, 0.717) is 12.1 Å². The molecule has 202 valence electrons. The average molecular weight is 547 g/mol. The lowest BCUT2D eigenvalue weighted by Crippen LogP contribution is -2.20. The number of halogens is 7. The van der Waals surface area contributed by atoms with E-state index < -0.39 is 52.8 Å². The molecule has 3 rings (SSSR count). The molecule has 3 aromatic rings. The molecule has 2 aromatic carbocycles. The standard InChI is InChI=1S/C23H16F7N3O5/c1-10-7-13(20(31)34)32-9-14(10)33-21(35)18-16(6-4-12(19(18)24)22(25,26)27)37-15-5-3-11(8-17(15)36-2)38-23(28,29)30/h3-9H,1-2H3,(H2,31,34)(H,33,35). The van der Waals surface area contributed by atoms with Crippen LogP contribution in [0.1, 0.15) is 32.0 Å². The minimum atomic E-state index is -5.19. The molecule has 0 aliphatic heterocycles. The van der Waals surface area contributed by atoms with Crippen molar-refractivity contribution in [1.29, 1.82) is 0 Å². The Bertz CT molecular complexity index is 1390. The van der Waals surface area contributed by atoms with Crippen molar-refractivity contribution < 1.29 is 54.5 Å². The molecule has 8 nitrogen and oxygen atoms in total. The summed E-state index contributed by atoms with van der Waals surface area (Å²) in [5, 5.41) is 2.18. The Labute approximate surface area is 209 Å². The van der Waals surface area contributed by atoms with Gasteiger partial charge in [-0.3, -0.25) is 9.59 Å². The summed E-state index contributed by atoms with van der Waals surface area (Å²) in [6.07, 6.45) is -9.23. The molecule has 0 aliphatic carbocycles. The molecule has 0 spiro atoms. The third-order valence-electron chi connectivity index (χ3n) is 4.84. The summed E-state index contributed by atoms with van der Waals surface area (Å²) >= 11 is 0. The third kappa shape index (κ3) is 6.41. The quantitative estimate of drug-likeness (QED) is 0.373. The van der Waals surface area contributed by atoms with E-state index >= 15 is 4.39 Å². The number of ether oxygens (including phenoxy) is 3. The number of nitrogens with two attached hydrogens (primary N) is 1. The van der Waals surface area contributed by atoms with Gasteiger partial charge in [-0.15, -0.1) is 13.2 Å². The van der Waals surface area contributed by atoms with Crippen LogP contribution in [0.15, 0.2) is 42.6 Å². The summed E-state index contributed by atoms with van der Waals surface area (Å²) in [7, 11) is 1.05. The highest BCUT2D eigenvalue weighted by atomic mass is 19.4. The number of aromatic nitrogens is 1. The molecule has 0 aliphatic rings. The van der Waals surface area contributed by atoms with Crippen molar-refractivity contribution in [3.8, 4) is 23.0 Å². The second kappa shape index (κ2) is 10.4. The highest BCUT2D eigenvalue weighted by Crippen LogP contribution is 2.41. The number of aryl methyl sites for hydroxylation is 1. The van der Waals surface area contributed by atoms with Crippen LogP contribution < -0.4 is 25.3 Å². The summed E-state index contributed by atoms with van der Waals surface area (Å²) in [5.74, 6) is -6.44. The van der Waals surface area contributed by atoms with Crippen LogP contribution in [0, 0.1) is 12.7 Å². The molecule has 3 N–H and O–H groups in total. The molecule has 0 saturated carbocycles. The Kier molecular flexibility index (Phi) is 7.69. The predicted molar refractivity (Wildman–Crippen MR) is 117 cm³/mol. The van der Waals surface area contributed by atoms with Crippen molar-refractivity contribution in [3.63, 3.8) is 0 Å². The first-order valence-electron chi connectivity index (χ1n) is 10.2. The van der Waals surface area contributed by atoms with Crippen molar-refractivity contribution in [1.82, 2.24) is 4.98 Å². The van der Waals surface area contributed by atoms with Gasteiger partial charge in [0.2, 0.25) is 0 Å². The highest BCUT2D eigenvalue weighted by Gasteiger charge is 2.38. The Morgan fingerprint density at radius 3 is 2.18 bits per heavy atom. The Morgan fingerprint density at radius 1 is 0.974 bits per heavy atom. The minimum Gasteiger partial charge on any atom is -0.493 e. The molecule has 38 heavy (non-hydrogen) atoms. The van der Waals surface area contributed by atoms with Crippen molar-refractivity contribution in [2.75, 3.05) is 12.4 Å². The zero-order valence-electron chi connectivity index (χ0n) is 19.3. The van der Waals surface area contributed by atoms with E-state index in [1.165, 1.54) is 13.0 Å². The Morgan fingerprint density at radius 2 is 1.63 bits per heavy atom. The SMILES string of the molecule is COc1cc(OC(F)(F)F)ccc1Oc1ccc(C(F)(F)F)c(F)c1C(=O)Nc1cnc(C(N)=O)cc1C. The molecule has 1 heterocycles. The molecule has 0 atom stereocenters. The fraction of sp³-hybridized carbons (Fsp3) is 0.174. The van der Waals surface area contributed by atoms with E-state index in [2.05, 4.69) is 15.0 Å². The van der Waals surface area contributed by atoms with Crippen LogP contribution in [0.25, 0.3) is 0 Å². The molecule has 0 fully saturated rings. The van der Waals surface area contributed by atoms with E-state index in [9.17, 15) is 35.9 Å². The van der Waals surface area contributed by atoms with E-state index in [-0.39, 0.29) is 28.4 Å². The largest absolute Gasteiger partial charge is 0.573 e. The number of hydrogen-bond acceptors (Lipinski definition) is 6. The Balaban J connectivity index is 2.06. The van der Waals surface area contributed by atoms with Gasteiger partial charge in [0, 0.05) is 6.07 Å². The maximum atomic E-state index is 15.1. The zero-order chi connectivity index (χ0) is 28.4. The first-order valence-corrected chi connectivity index (χ1v) is 10.2. The van der Waals surface area contributed by atoms with E-state index in [1.54, 1.807) is 0 Å². The number of alkyl halides is 6. The fourth-order valence-electron chi connectivity index (χ4n) is 3.13. The molecule has 0 bridgehead atoms. The van der Waals surface area contributed by atoms with E-state index in [0.717, 1.165) is 31.5 Å². The highest BCUT2D eigenvalue weighted by molar-refractivity contribution is 6.07. The normalized spacial score (nSPS) is 11.6. The minimum absolute atomic E-state index is 0.0889. The molecule has 0 unspecified atom stereocenters. The van der Waals surface area contributed by atoms with Gasteiger partial charge in [0.15, 0.2) is 17.3 Å². The number of benzene rings is 2. The lowest BCUT2D eigenvalue weighted by molar-refractivity contribution is -0.274. The van der Waals surface area contributed by atoms with Crippen LogP contribution in [0.4, 0.5) is 36.4 Å². The summed E-state index contributed by atoms with van der Waals surface area (Å²) in [6, 6.07) is 4.64. The van der Waals surface area contributed by atoms with Crippen molar-refractivity contribution >= 4 is 17.5 Å². The number of anilines is 1. The number of nitrogens with one attached hydrogen (secondary N) is 1. The number of hydrogen-bond donors (Lipinski definition) is 2. The van der Waals surface area contributed by atoms with Crippen molar-refractivity contribution in [3.05, 3.63) is 70.8 Å². The van der Waals surface area contributed by atoms with Gasteiger partial charge in [-0.05, 0) is 42.8 Å².